The van der Waals surface area contributed by atoms with Crippen molar-refractivity contribution in [1.29, 1.82) is 0 Å². The maximum Gasteiger partial charge on any atom is 0.0438 e. The van der Waals surface area contributed by atoms with E-state index < -0.39 is 0 Å². The zero-order chi connectivity index (χ0) is 13.1. The highest BCUT2D eigenvalue weighted by molar-refractivity contribution is 6.31. The molecular formula is C16H18ClN. The van der Waals surface area contributed by atoms with Gasteiger partial charge in [-0.2, -0.15) is 0 Å². The molecule has 2 rings (SSSR count). The number of halogens is 1. The van der Waals surface area contributed by atoms with Crippen LogP contribution < -0.4 is 5.73 Å². The molecule has 1 atom stereocenters. The Bertz CT molecular complexity index is 549. The fraction of sp³-hybridized carbons (Fsp3) is 0.250. The summed E-state index contributed by atoms with van der Waals surface area (Å²) in [6.45, 7) is 4.14. The van der Waals surface area contributed by atoms with Crippen LogP contribution in [0.5, 0.6) is 0 Å². The van der Waals surface area contributed by atoms with Gasteiger partial charge in [0.15, 0.2) is 0 Å². The van der Waals surface area contributed by atoms with E-state index in [2.05, 4.69) is 37.3 Å². The van der Waals surface area contributed by atoms with Crippen molar-refractivity contribution >= 4 is 11.6 Å². The summed E-state index contributed by atoms with van der Waals surface area (Å²) in [7, 11) is 0. The van der Waals surface area contributed by atoms with Crippen LogP contribution in [0.3, 0.4) is 0 Å². The summed E-state index contributed by atoms with van der Waals surface area (Å²) < 4.78 is 0. The smallest absolute Gasteiger partial charge is 0.0438 e. The second-order valence-electron chi connectivity index (χ2n) is 4.69. The fourth-order valence-corrected chi connectivity index (χ4v) is 2.39. The highest BCUT2D eigenvalue weighted by Crippen LogP contribution is 2.25. The van der Waals surface area contributed by atoms with Gasteiger partial charge in [0.2, 0.25) is 0 Å². The molecule has 0 aliphatic rings. The summed E-state index contributed by atoms with van der Waals surface area (Å²) in [5.74, 6) is 0. The number of hydrogen-bond acceptors (Lipinski definition) is 1. The van der Waals surface area contributed by atoms with Crippen molar-refractivity contribution in [2.24, 2.45) is 5.73 Å². The molecule has 2 N–H and O–H groups in total. The summed E-state index contributed by atoms with van der Waals surface area (Å²) in [6.07, 6.45) is 0.841. The molecule has 0 radical (unpaired) electrons. The van der Waals surface area contributed by atoms with Crippen LogP contribution in [0.4, 0.5) is 0 Å². The molecule has 2 heteroatoms. The number of aryl methyl sites for hydroxylation is 1. The molecule has 2 aromatic carbocycles. The Morgan fingerprint density at radius 2 is 1.78 bits per heavy atom. The zero-order valence-electron chi connectivity index (χ0n) is 10.8. The summed E-state index contributed by atoms with van der Waals surface area (Å²) >= 11 is 6.14. The van der Waals surface area contributed by atoms with Crippen LogP contribution in [-0.2, 0) is 6.42 Å². The van der Waals surface area contributed by atoms with Gasteiger partial charge in [-0.1, -0.05) is 48.0 Å². The first-order chi connectivity index (χ1) is 8.59. The van der Waals surface area contributed by atoms with Gasteiger partial charge in [0, 0.05) is 11.1 Å². The SMILES string of the molecule is Cc1ccccc1CC(N)c1cccc(Cl)c1C. The number of rotatable bonds is 3. The minimum atomic E-state index is -0.00944. The van der Waals surface area contributed by atoms with Crippen LogP contribution in [0.15, 0.2) is 42.5 Å². The van der Waals surface area contributed by atoms with Gasteiger partial charge in [0.05, 0.1) is 0 Å². The molecule has 18 heavy (non-hydrogen) atoms. The van der Waals surface area contributed by atoms with Gasteiger partial charge in [-0.3, -0.25) is 0 Å². The van der Waals surface area contributed by atoms with Gasteiger partial charge in [-0.15, -0.1) is 0 Å². The predicted molar refractivity (Wildman–Crippen MR) is 78.0 cm³/mol. The van der Waals surface area contributed by atoms with E-state index in [0.29, 0.717) is 0 Å². The topological polar surface area (TPSA) is 26.0 Å². The lowest BCUT2D eigenvalue weighted by Crippen LogP contribution is -2.15. The first kappa shape index (κ1) is 13.1. The van der Waals surface area contributed by atoms with Gasteiger partial charge in [-0.05, 0) is 48.6 Å². The van der Waals surface area contributed by atoms with E-state index in [4.69, 9.17) is 17.3 Å². The fourth-order valence-electron chi connectivity index (χ4n) is 2.21. The van der Waals surface area contributed by atoms with E-state index in [0.717, 1.165) is 22.6 Å². The summed E-state index contributed by atoms with van der Waals surface area (Å²) in [5.41, 5.74) is 11.1. The highest BCUT2D eigenvalue weighted by Gasteiger charge is 2.12. The largest absolute Gasteiger partial charge is 0.324 e. The summed E-state index contributed by atoms with van der Waals surface area (Å²) in [5, 5.41) is 0.785. The lowest BCUT2D eigenvalue weighted by Gasteiger charge is -2.16. The molecule has 94 valence electrons. The molecule has 0 aromatic heterocycles. The number of hydrogen-bond donors (Lipinski definition) is 1. The van der Waals surface area contributed by atoms with E-state index in [-0.39, 0.29) is 6.04 Å². The molecule has 0 spiro atoms. The molecule has 0 heterocycles. The Morgan fingerprint density at radius 1 is 1.06 bits per heavy atom. The molecule has 2 aromatic rings. The molecule has 0 saturated carbocycles. The van der Waals surface area contributed by atoms with Crippen LogP contribution in [0.2, 0.25) is 5.02 Å². The normalized spacial score (nSPS) is 12.4. The molecule has 0 aliphatic carbocycles. The third kappa shape index (κ3) is 2.74. The summed E-state index contributed by atoms with van der Waals surface area (Å²) in [4.78, 5) is 0. The van der Waals surface area contributed by atoms with Gasteiger partial charge < -0.3 is 5.73 Å². The Balaban J connectivity index is 2.25. The molecule has 0 bridgehead atoms. The maximum absolute atomic E-state index is 6.31. The van der Waals surface area contributed by atoms with Crippen LogP contribution in [0.1, 0.15) is 28.3 Å². The van der Waals surface area contributed by atoms with Crippen molar-refractivity contribution in [2.45, 2.75) is 26.3 Å². The number of benzene rings is 2. The minimum Gasteiger partial charge on any atom is -0.324 e. The van der Waals surface area contributed by atoms with Crippen molar-refractivity contribution < 1.29 is 0 Å². The molecule has 0 fully saturated rings. The predicted octanol–water partition coefficient (Wildman–Crippen LogP) is 4.20. The van der Waals surface area contributed by atoms with Crippen molar-refractivity contribution in [1.82, 2.24) is 0 Å². The van der Waals surface area contributed by atoms with Crippen LogP contribution in [0, 0.1) is 13.8 Å². The van der Waals surface area contributed by atoms with Crippen molar-refractivity contribution in [3.05, 3.63) is 69.7 Å². The lowest BCUT2D eigenvalue weighted by atomic mass is 9.94. The van der Waals surface area contributed by atoms with E-state index in [1.165, 1.54) is 11.1 Å². The summed E-state index contributed by atoms with van der Waals surface area (Å²) in [6, 6.07) is 14.3. The Hall–Kier alpha value is -1.31. The lowest BCUT2D eigenvalue weighted by molar-refractivity contribution is 0.714. The Labute approximate surface area is 114 Å². The first-order valence-corrected chi connectivity index (χ1v) is 6.52. The first-order valence-electron chi connectivity index (χ1n) is 6.14. The Morgan fingerprint density at radius 3 is 2.50 bits per heavy atom. The van der Waals surface area contributed by atoms with Crippen LogP contribution in [-0.4, -0.2) is 0 Å². The van der Waals surface area contributed by atoms with Crippen LogP contribution >= 0.6 is 11.6 Å². The molecule has 0 amide bonds. The van der Waals surface area contributed by atoms with Gasteiger partial charge in [0.1, 0.15) is 0 Å². The van der Waals surface area contributed by atoms with Crippen LogP contribution in [0.25, 0.3) is 0 Å². The average molecular weight is 260 g/mol. The average Bonchev–Trinajstić information content (AvgIpc) is 2.35. The zero-order valence-corrected chi connectivity index (χ0v) is 11.5. The molecule has 0 saturated heterocycles. The standard InChI is InChI=1S/C16H18ClN/c1-11-6-3-4-7-13(11)10-16(18)14-8-5-9-15(17)12(14)2/h3-9,16H,10,18H2,1-2H3. The van der Waals surface area contributed by atoms with E-state index >= 15 is 0 Å². The van der Waals surface area contributed by atoms with Crippen molar-refractivity contribution in [2.75, 3.05) is 0 Å². The van der Waals surface area contributed by atoms with Gasteiger partial charge >= 0.3 is 0 Å². The third-order valence-electron chi connectivity index (χ3n) is 3.41. The second kappa shape index (κ2) is 5.55. The molecule has 0 aliphatic heterocycles. The Kier molecular flexibility index (Phi) is 4.05. The van der Waals surface area contributed by atoms with Gasteiger partial charge in [0.25, 0.3) is 0 Å². The van der Waals surface area contributed by atoms with E-state index in [9.17, 15) is 0 Å². The minimum absolute atomic E-state index is 0.00944. The molecular weight excluding hydrogens is 242 g/mol. The third-order valence-corrected chi connectivity index (χ3v) is 3.82. The maximum atomic E-state index is 6.31. The molecule has 1 unspecified atom stereocenters. The van der Waals surface area contributed by atoms with E-state index in [1.807, 2.05) is 19.1 Å². The molecule has 1 nitrogen and oxygen atoms in total. The second-order valence-corrected chi connectivity index (χ2v) is 5.10. The number of nitrogens with two attached hydrogens (primary N) is 1. The van der Waals surface area contributed by atoms with Crippen molar-refractivity contribution in [3.8, 4) is 0 Å². The van der Waals surface area contributed by atoms with E-state index in [1.54, 1.807) is 0 Å². The quantitative estimate of drug-likeness (QED) is 0.878. The monoisotopic (exact) mass is 259 g/mol. The highest BCUT2D eigenvalue weighted by atomic mass is 35.5. The van der Waals surface area contributed by atoms with Gasteiger partial charge in [-0.25, -0.2) is 0 Å². The van der Waals surface area contributed by atoms with Crippen molar-refractivity contribution in [3.63, 3.8) is 0 Å².